The lowest BCUT2D eigenvalue weighted by molar-refractivity contribution is 0.399. The van der Waals surface area contributed by atoms with E-state index in [-0.39, 0.29) is 55.2 Å². The Kier molecular flexibility index (Phi) is 25.7. The molecule has 0 heterocycles. The van der Waals surface area contributed by atoms with Crippen molar-refractivity contribution in [1.29, 1.82) is 0 Å². The lowest BCUT2D eigenvalue weighted by Gasteiger charge is -2.24. The van der Waals surface area contributed by atoms with E-state index in [0.717, 1.165) is 65.8 Å². The second-order valence-corrected chi connectivity index (χ2v) is 35.1. The molecule has 9 heteroatoms. The third-order valence-electron chi connectivity index (χ3n) is 19.0. The first-order valence-electron chi connectivity index (χ1n) is 37.1. The van der Waals surface area contributed by atoms with E-state index in [2.05, 4.69) is 189 Å². The number of hydrogen-bond acceptors (Lipinski definition) is 6. The van der Waals surface area contributed by atoms with E-state index in [0.29, 0.717) is 22.4 Å². The summed E-state index contributed by atoms with van der Waals surface area (Å²) in [4.78, 5) is 0. The molecular weight excluding hydrogens is 1340 g/mol. The molecule has 14 aromatic carbocycles. The first-order chi connectivity index (χ1) is 50.3. The van der Waals surface area contributed by atoms with Crippen LogP contribution in [0.3, 0.4) is 0 Å². The maximum atomic E-state index is 14.0. The first-order valence-corrected chi connectivity index (χ1v) is 37.1. The largest absolute Gasteiger partial charge is 0.508 e. The van der Waals surface area contributed by atoms with Crippen LogP contribution in [0, 0.1) is 17.5 Å². The second-order valence-electron chi connectivity index (χ2n) is 35.1. The zero-order valence-corrected chi connectivity index (χ0v) is 67.5. The summed E-state index contributed by atoms with van der Waals surface area (Å²) in [7, 11) is 1.74. The van der Waals surface area contributed by atoms with Crippen LogP contribution >= 0.6 is 0 Å². The number of halogens is 3. The maximum Gasteiger partial charge on any atom is 0.172 e. The summed E-state index contributed by atoms with van der Waals surface area (Å²) in [6.45, 7) is 44.4. The van der Waals surface area contributed by atoms with Gasteiger partial charge >= 0.3 is 0 Å². The van der Waals surface area contributed by atoms with Crippen LogP contribution in [0.5, 0.6) is 28.7 Å². The Labute approximate surface area is 639 Å². The van der Waals surface area contributed by atoms with Crippen LogP contribution in [0.2, 0.25) is 0 Å². The Morgan fingerprint density at radius 1 is 0.259 bits per heavy atom. The Hall–Kier alpha value is -10.5. The fourth-order valence-corrected chi connectivity index (χ4v) is 14.0. The minimum absolute atomic E-state index is 0.0261. The number of phenolic OH excluding ortho intramolecular Hbond substituents is 4. The number of nitrogen functional groups attached to an aromatic ring is 1. The van der Waals surface area contributed by atoms with Crippen LogP contribution in [0.1, 0.15) is 184 Å². The predicted molar refractivity (Wildman–Crippen MR) is 456 cm³/mol. The van der Waals surface area contributed by atoms with Gasteiger partial charge in [0.05, 0.1) is 7.11 Å². The summed E-state index contributed by atoms with van der Waals surface area (Å²) in [6.07, 6.45) is 0. The molecule has 0 saturated carbocycles. The van der Waals surface area contributed by atoms with Crippen molar-refractivity contribution in [2.24, 2.45) is 0 Å². The van der Waals surface area contributed by atoms with Crippen molar-refractivity contribution in [2.45, 2.75) is 183 Å². The number of phenols is 4. The molecule has 0 atom stereocenters. The standard InChI is InChI=1S/C15H18O.2C14H15FO.C14H15F.C14H17N.2C14H16O/c1-15(2,3)14-12-8-6-5-7-11(12)9-10-13(14)16-4;1-14(2,3)11-8-12(16)13(15)10-7-5-4-6-9(10)11;1-14(2,3)12-10-7-5-4-6-9(10)8-11(16)13(12)15;3*1-14(2,3)13-9-11(15)8-10-6-4-5-7-12(10)13;1-14(2,3)13-11-7-5-4-6-10(11)8-9-12(13)15/h5-10H,1-4H3;2*4-8,16H,1-3H3;4-9H,1-3H3;4-9H,15H2,1-3H3;2*4-9,15H,1-3H3. The summed E-state index contributed by atoms with van der Waals surface area (Å²) in [6, 6.07) is 77.8. The highest BCUT2D eigenvalue weighted by atomic mass is 19.1. The van der Waals surface area contributed by atoms with Crippen molar-refractivity contribution in [3.63, 3.8) is 0 Å². The van der Waals surface area contributed by atoms with Crippen molar-refractivity contribution < 1.29 is 38.3 Å². The van der Waals surface area contributed by atoms with E-state index >= 15 is 0 Å². The summed E-state index contributed by atoms with van der Waals surface area (Å²) < 4.78 is 46.6. The molecule has 0 radical (unpaired) electrons. The van der Waals surface area contributed by atoms with Gasteiger partial charge in [-0.15, -0.1) is 0 Å². The van der Waals surface area contributed by atoms with E-state index < -0.39 is 11.6 Å². The van der Waals surface area contributed by atoms with Gasteiger partial charge in [0.2, 0.25) is 0 Å². The zero-order valence-electron chi connectivity index (χ0n) is 67.5. The van der Waals surface area contributed by atoms with Gasteiger partial charge < -0.3 is 30.9 Å². The number of aromatic hydroxyl groups is 4. The van der Waals surface area contributed by atoms with Crippen molar-refractivity contribution in [2.75, 3.05) is 12.8 Å². The maximum absolute atomic E-state index is 14.0. The van der Waals surface area contributed by atoms with Gasteiger partial charge in [0.1, 0.15) is 23.1 Å². The molecule has 0 aromatic heterocycles. The predicted octanol–water partition coefficient (Wildman–Crippen LogP) is 27.8. The molecule has 0 bridgehead atoms. The van der Waals surface area contributed by atoms with Crippen LogP contribution in [0.15, 0.2) is 243 Å². The first kappa shape index (κ1) is 83.1. The monoisotopic (exact) mass is 1450 g/mol. The van der Waals surface area contributed by atoms with Gasteiger partial charge in [-0.2, -0.15) is 0 Å². The SMILES string of the molecule is CC(C)(C)c1c(F)c(O)cc2ccccc12.CC(C)(C)c1c(O)ccc2ccccc12.CC(C)(C)c1cc(F)cc2ccccc12.CC(C)(C)c1cc(N)cc2ccccc12.CC(C)(C)c1cc(O)c(F)c2ccccc12.CC(C)(C)c1cc(O)cc2ccccc12.COc1ccc2ccccc2c1C(C)(C)C. The molecule has 0 amide bonds. The number of rotatable bonds is 1. The Morgan fingerprint density at radius 3 is 1.02 bits per heavy atom. The Morgan fingerprint density at radius 2 is 0.583 bits per heavy atom. The van der Waals surface area contributed by atoms with Gasteiger partial charge in [-0.3, -0.25) is 0 Å². The average molecular weight is 1450 g/mol. The number of hydrogen-bond donors (Lipinski definition) is 5. The molecule has 0 aliphatic carbocycles. The van der Waals surface area contributed by atoms with Gasteiger partial charge in [-0.05, 0) is 191 Å². The van der Waals surface area contributed by atoms with E-state index in [1.807, 2.05) is 157 Å². The average Bonchev–Trinajstić information content (AvgIpc) is 0.801. The van der Waals surface area contributed by atoms with Crippen molar-refractivity contribution >= 4 is 81.1 Å². The molecule has 14 aromatic rings. The highest BCUT2D eigenvalue weighted by molar-refractivity contribution is 5.93. The molecule has 0 saturated heterocycles. The van der Waals surface area contributed by atoms with Gasteiger partial charge in [-0.1, -0.05) is 327 Å². The smallest absolute Gasteiger partial charge is 0.172 e. The molecule has 0 aliphatic heterocycles. The number of benzene rings is 14. The molecule has 0 spiro atoms. The molecular formula is C99H112F3NO5. The second kappa shape index (κ2) is 33.3. The molecule has 0 aliphatic rings. The van der Waals surface area contributed by atoms with Gasteiger partial charge in [-0.25, -0.2) is 13.2 Å². The molecule has 6 nitrogen and oxygen atoms in total. The van der Waals surface area contributed by atoms with E-state index in [9.17, 15) is 33.6 Å². The lowest BCUT2D eigenvalue weighted by Crippen LogP contribution is -2.14. The normalized spacial score (nSPS) is 11.9. The summed E-state index contributed by atoms with van der Waals surface area (Å²) >= 11 is 0. The molecule has 108 heavy (non-hydrogen) atoms. The van der Waals surface area contributed by atoms with Crippen LogP contribution in [0.4, 0.5) is 18.9 Å². The van der Waals surface area contributed by atoms with Crippen molar-refractivity contribution in [3.8, 4) is 28.7 Å². The zero-order chi connectivity index (χ0) is 79.8. The van der Waals surface area contributed by atoms with Crippen LogP contribution in [-0.2, 0) is 37.9 Å². The summed E-state index contributed by atoms with van der Waals surface area (Å²) in [5, 5.41) is 53.7. The molecule has 0 unspecified atom stereocenters. The number of fused-ring (bicyclic) bond motifs is 7. The minimum Gasteiger partial charge on any atom is -0.508 e. The van der Waals surface area contributed by atoms with Crippen molar-refractivity contribution in [1.82, 2.24) is 0 Å². The third kappa shape index (κ3) is 20.4. The Bertz CT molecular complexity index is 5240. The fourth-order valence-electron chi connectivity index (χ4n) is 14.0. The molecule has 14 rings (SSSR count). The number of anilines is 1. The third-order valence-corrected chi connectivity index (χ3v) is 19.0. The van der Waals surface area contributed by atoms with Gasteiger partial charge in [0.25, 0.3) is 0 Å². The van der Waals surface area contributed by atoms with Crippen LogP contribution in [-0.4, -0.2) is 27.5 Å². The fraction of sp³-hybridized carbons (Fsp3) is 0.293. The molecule has 6 N–H and O–H groups in total. The molecule has 564 valence electrons. The van der Waals surface area contributed by atoms with Gasteiger partial charge in [0, 0.05) is 27.8 Å². The summed E-state index contributed by atoms with van der Waals surface area (Å²) in [5.41, 5.74) is 14.0. The minimum atomic E-state index is -0.538. The number of nitrogens with two attached hydrogens (primary N) is 1. The Balaban J connectivity index is 0.000000159. The van der Waals surface area contributed by atoms with Gasteiger partial charge in [0.15, 0.2) is 23.1 Å². The van der Waals surface area contributed by atoms with Crippen LogP contribution < -0.4 is 10.5 Å². The number of methoxy groups -OCH3 is 1. The van der Waals surface area contributed by atoms with Crippen molar-refractivity contribution in [3.05, 3.63) is 299 Å². The lowest BCUT2D eigenvalue weighted by atomic mass is 9.83. The highest BCUT2D eigenvalue weighted by Gasteiger charge is 2.27. The topological polar surface area (TPSA) is 116 Å². The number of ether oxygens (including phenoxy) is 1. The summed E-state index contributed by atoms with van der Waals surface area (Å²) in [5.74, 6) is -0.0355. The highest BCUT2D eigenvalue weighted by Crippen LogP contribution is 2.42. The molecule has 0 fully saturated rings. The van der Waals surface area contributed by atoms with Crippen LogP contribution in [0.25, 0.3) is 75.4 Å². The quantitative estimate of drug-likeness (QED) is 0.105. The van der Waals surface area contributed by atoms with E-state index in [1.54, 1.807) is 37.4 Å². The van der Waals surface area contributed by atoms with E-state index in [4.69, 9.17) is 10.5 Å². The van der Waals surface area contributed by atoms with E-state index in [1.165, 1.54) is 61.1 Å².